The number of nitrogens with two attached hydrogens (primary N) is 1. The second kappa shape index (κ2) is 7.03. The number of carbonyl (C=O) groups excluding carboxylic acids is 1. The van der Waals surface area contributed by atoms with Gasteiger partial charge in [0.2, 0.25) is 0 Å². The first-order chi connectivity index (χ1) is 9.93. The molecule has 2 N–H and O–H groups in total. The Hall–Kier alpha value is -0.720. The van der Waals surface area contributed by atoms with Crippen LogP contribution in [0, 0.1) is 5.92 Å². The van der Waals surface area contributed by atoms with Crippen LogP contribution in [0.5, 0.6) is 0 Å². The van der Waals surface area contributed by atoms with Crippen LogP contribution in [0.2, 0.25) is 0 Å². The minimum atomic E-state index is 0.0709. The van der Waals surface area contributed by atoms with Crippen LogP contribution in [-0.2, 0) is 0 Å². The van der Waals surface area contributed by atoms with Gasteiger partial charge in [-0.15, -0.1) is 23.1 Å². The number of hydrogen-bond acceptors (Lipinski definition) is 6. The molecule has 0 spiro atoms. The van der Waals surface area contributed by atoms with Crippen LogP contribution in [-0.4, -0.2) is 50.7 Å². The summed E-state index contributed by atoms with van der Waals surface area (Å²) >= 11 is 3.21. The lowest BCUT2D eigenvalue weighted by atomic mass is 9.96. The normalized spacial score (nSPS) is 16.7. The summed E-state index contributed by atoms with van der Waals surface area (Å²) in [5, 5.41) is 1.19. The molecule has 1 saturated heterocycles. The van der Waals surface area contributed by atoms with Gasteiger partial charge in [0, 0.05) is 26.6 Å². The molecule has 1 aliphatic rings. The number of carbonyl (C=O) groups is 1. The molecule has 6 heteroatoms. The molecular formula is C15H25N3OS2. The Labute approximate surface area is 135 Å². The maximum absolute atomic E-state index is 11.7. The van der Waals surface area contributed by atoms with Gasteiger partial charge in [-0.3, -0.25) is 4.79 Å². The zero-order valence-corrected chi connectivity index (χ0v) is 14.9. The summed E-state index contributed by atoms with van der Waals surface area (Å²) in [4.78, 5) is 18.2. The van der Waals surface area contributed by atoms with Gasteiger partial charge in [-0.05, 0) is 39.1 Å². The Balaban J connectivity index is 2.13. The van der Waals surface area contributed by atoms with E-state index in [0.29, 0.717) is 10.6 Å². The molecule has 1 aliphatic heterocycles. The van der Waals surface area contributed by atoms with E-state index in [-0.39, 0.29) is 5.78 Å². The number of piperidine rings is 1. The molecule has 1 fully saturated rings. The van der Waals surface area contributed by atoms with Gasteiger partial charge in [0.15, 0.2) is 5.78 Å². The molecule has 0 bridgehead atoms. The van der Waals surface area contributed by atoms with Crippen LogP contribution in [0.3, 0.4) is 0 Å². The Morgan fingerprint density at radius 2 is 2.05 bits per heavy atom. The van der Waals surface area contributed by atoms with Crippen molar-refractivity contribution in [2.45, 2.75) is 24.7 Å². The molecular weight excluding hydrogens is 302 g/mol. The fraction of sp³-hybridized carbons (Fsp3) is 0.667. The van der Waals surface area contributed by atoms with Gasteiger partial charge in [-0.1, -0.05) is 0 Å². The van der Waals surface area contributed by atoms with Gasteiger partial charge in [0.25, 0.3) is 0 Å². The first-order valence-corrected chi connectivity index (χ1v) is 9.35. The second-order valence-corrected chi connectivity index (χ2v) is 7.75. The average Bonchev–Trinajstić information content (AvgIpc) is 2.76. The van der Waals surface area contributed by atoms with Crippen molar-refractivity contribution in [1.82, 2.24) is 4.90 Å². The van der Waals surface area contributed by atoms with E-state index >= 15 is 0 Å². The van der Waals surface area contributed by atoms with E-state index in [1.807, 2.05) is 6.26 Å². The van der Waals surface area contributed by atoms with E-state index < -0.39 is 0 Å². The lowest BCUT2D eigenvalue weighted by Gasteiger charge is -2.34. The number of ketones is 1. The molecule has 0 aromatic carbocycles. The Bertz CT molecular complexity index is 505. The van der Waals surface area contributed by atoms with Crippen molar-refractivity contribution < 1.29 is 4.79 Å². The van der Waals surface area contributed by atoms with E-state index in [1.165, 1.54) is 17.8 Å². The van der Waals surface area contributed by atoms with Crippen LogP contribution in [0.4, 0.5) is 10.7 Å². The lowest BCUT2D eigenvalue weighted by molar-refractivity contribution is 0.102. The van der Waals surface area contributed by atoms with Crippen molar-refractivity contribution in [3.8, 4) is 0 Å². The average molecular weight is 328 g/mol. The Morgan fingerprint density at radius 1 is 1.43 bits per heavy atom. The minimum Gasteiger partial charge on any atom is -0.396 e. The molecule has 1 aromatic rings. The number of thioether (sulfide) groups is 1. The predicted molar refractivity (Wildman–Crippen MR) is 94.0 cm³/mol. The van der Waals surface area contributed by atoms with Crippen LogP contribution in [0.15, 0.2) is 4.90 Å². The predicted octanol–water partition coefficient (Wildman–Crippen LogP) is 3.03. The molecule has 0 aliphatic carbocycles. The summed E-state index contributed by atoms with van der Waals surface area (Å²) in [6, 6.07) is 0. The molecule has 0 radical (unpaired) electrons. The third-order valence-electron chi connectivity index (χ3n) is 3.93. The zero-order valence-electron chi connectivity index (χ0n) is 13.3. The van der Waals surface area contributed by atoms with Gasteiger partial charge < -0.3 is 15.5 Å². The third kappa shape index (κ3) is 3.73. The molecule has 21 heavy (non-hydrogen) atoms. The summed E-state index contributed by atoms with van der Waals surface area (Å²) < 4.78 is 0. The van der Waals surface area contributed by atoms with Crippen LogP contribution in [0.25, 0.3) is 0 Å². The number of Topliss-reactive ketones (excluding diaryl/α,β-unsaturated/α-hetero) is 1. The molecule has 0 unspecified atom stereocenters. The molecule has 2 heterocycles. The van der Waals surface area contributed by atoms with Crippen molar-refractivity contribution in [3.05, 3.63) is 4.88 Å². The molecule has 4 nitrogen and oxygen atoms in total. The highest BCUT2D eigenvalue weighted by Crippen LogP contribution is 2.44. The van der Waals surface area contributed by atoms with Crippen molar-refractivity contribution in [2.75, 3.05) is 50.6 Å². The van der Waals surface area contributed by atoms with Crippen molar-refractivity contribution in [1.29, 1.82) is 0 Å². The van der Waals surface area contributed by atoms with Crippen LogP contribution in [0.1, 0.15) is 29.4 Å². The largest absolute Gasteiger partial charge is 0.396 e. The second-order valence-electron chi connectivity index (χ2n) is 5.93. The summed E-state index contributed by atoms with van der Waals surface area (Å²) in [6.45, 7) is 4.88. The third-order valence-corrected chi connectivity index (χ3v) is 6.25. The smallest absolute Gasteiger partial charge is 0.171 e. The van der Waals surface area contributed by atoms with Gasteiger partial charge >= 0.3 is 0 Å². The quantitative estimate of drug-likeness (QED) is 0.665. The molecule has 0 atom stereocenters. The number of nitrogen functional groups attached to an aromatic ring is 1. The number of nitrogens with zero attached hydrogens (tertiary/aromatic N) is 2. The first-order valence-electron chi connectivity index (χ1n) is 7.30. The molecule has 118 valence electrons. The summed E-state index contributed by atoms with van der Waals surface area (Å²) in [6.07, 6.45) is 4.45. The maximum Gasteiger partial charge on any atom is 0.171 e. The minimum absolute atomic E-state index is 0.0709. The van der Waals surface area contributed by atoms with Crippen molar-refractivity contribution in [3.63, 3.8) is 0 Å². The fourth-order valence-electron chi connectivity index (χ4n) is 2.92. The SMILES string of the molecule is CSc1c(N2CCC(CN(C)C)CC2)sc(C(C)=O)c1N. The van der Waals surface area contributed by atoms with Gasteiger partial charge in [0.05, 0.1) is 15.5 Å². The van der Waals surface area contributed by atoms with E-state index in [4.69, 9.17) is 5.73 Å². The molecule has 0 amide bonds. The molecule has 2 rings (SSSR count). The van der Waals surface area contributed by atoms with Gasteiger partial charge in [-0.2, -0.15) is 0 Å². The lowest BCUT2D eigenvalue weighted by Crippen LogP contribution is -2.36. The number of hydrogen-bond donors (Lipinski definition) is 1. The molecule has 1 aromatic heterocycles. The first kappa shape index (κ1) is 16.6. The number of anilines is 2. The zero-order chi connectivity index (χ0) is 15.6. The van der Waals surface area contributed by atoms with E-state index in [9.17, 15) is 4.79 Å². The van der Waals surface area contributed by atoms with Crippen LogP contribution >= 0.6 is 23.1 Å². The highest BCUT2D eigenvalue weighted by atomic mass is 32.2. The Kier molecular flexibility index (Phi) is 5.57. The Morgan fingerprint density at radius 3 is 2.52 bits per heavy atom. The van der Waals surface area contributed by atoms with E-state index in [0.717, 1.165) is 30.4 Å². The van der Waals surface area contributed by atoms with E-state index in [1.54, 1.807) is 30.0 Å². The summed E-state index contributed by atoms with van der Waals surface area (Å²) in [7, 11) is 4.27. The highest BCUT2D eigenvalue weighted by Gasteiger charge is 2.26. The number of thiophene rings is 1. The molecule has 0 saturated carbocycles. The monoisotopic (exact) mass is 327 g/mol. The topological polar surface area (TPSA) is 49.6 Å². The van der Waals surface area contributed by atoms with Crippen molar-refractivity contribution >= 4 is 39.6 Å². The van der Waals surface area contributed by atoms with Gasteiger partial charge in [0.1, 0.15) is 5.00 Å². The van der Waals surface area contributed by atoms with E-state index in [2.05, 4.69) is 23.9 Å². The fourth-order valence-corrected chi connectivity index (χ4v) is 5.05. The van der Waals surface area contributed by atoms with Gasteiger partial charge in [-0.25, -0.2) is 0 Å². The standard InChI is InChI=1S/C15H25N3OS2/c1-10(19)13-12(16)14(20-4)15(21-13)18-7-5-11(6-8-18)9-17(2)3/h11H,5-9,16H2,1-4H3. The van der Waals surface area contributed by atoms with Crippen molar-refractivity contribution in [2.24, 2.45) is 5.92 Å². The number of rotatable bonds is 5. The summed E-state index contributed by atoms with van der Waals surface area (Å²) in [5.41, 5.74) is 6.82. The summed E-state index contributed by atoms with van der Waals surface area (Å²) in [5.74, 6) is 0.847. The highest BCUT2D eigenvalue weighted by molar-refractivity contribution is 7.99. The maximum atomic E-state index is 11.7. The van der Waals surface area contributed by atoms with Crippen LogP contribution < -0.4 is 10.6 Å².